The van der Waals surface area contributed by atoms with Gasteiger partial charge in [-0.2, -0.15) is 0 Å². The average Bonchev–Trinajstić information content (AvgIpc) is 2.22. The SMILES string of the molecule is C1C2C13C14CC1C234. The van der Waals surface area contributed by atoms with E-state index in [9.17, 15) is 0 Å². The van der Waals surface area contributed by atoms with Crippen LogP contribution in [0.3, 0.4) is 0 Å². The molecule has 0 aromatic rings. The Kier molecular flexibility index (Phi) is 0.0660. The second-order valence-electron chi connectivity index (χ2n) is 4.33. The monoisotopic (exact) mass is 90.0 g/mol. The first-order chi connectivity index (χ1) is 3.43. The maximum absolute atomic E-state index is 1.67. The van der Waals surface area contributed by atoms with Crippen LogP contribution in [0.2, 0.25) is 0 Å². The largest absolute Gasteiger partial charge is 0.0422 e. The Morgan fingerprint density at radius 3 is 1.57 bits per heavy atom. The van der Waals surface area contributed by atoms with Crippen LogP contribution in [0.1, 0.15) is 12.8 Å². The summed E-state index contributed by atoms with van der Waals surface area (Å²) in [5.74, 6) is 2.66. The first-order valence-electron chi connectivity index (χ1n) is 3.43. The van der Waals surface area contributed by atoms with Gasteiger partial charge in [0.25, 0.3) is 0 Å². The lowest BCUT2D eigenvalue weighted by Gasteiger charge is -1.90. The molecule has 0 saturated heterocycles. The van der Waals surface area contributed by atoms with Crippen molar-refractivity contribution in [2.75, 3.05) is 0 Å². The van der Waals surface area contributed by atoms with Gasteiger partial charge in [0.15, 0.2) is 0 Å². The van der Waals surface area contributed by atoms with Crippen molar-refractivity contribution in [2.45, 2.75) is 12.8 Å². The van der Waals surface area contributed by atoms with Crippen LogP contribution in [0.5, 0.6) is 0 Å². The molecule has 4 unspecified atom stereocenters. The van der Waals surface area contributed by atoms with Crippen LogP contribution in [0.4, 0.5) is 0 Å². The van der Waals surface area contributed by atoms with E-state index < -0.39 is 0 Å². The van der Waals surface area contributed by atoms with Crippen molar-refractivity contribution in [3.63, 3.8) is 0 Å². The van der Waals surface area contributed by atoms with E-state index in [-0.39, 0.29) is 0 Å². The summed E-state index contributed by atoms with van der Waals surface area (Å²) < 4.78 is 0. The van der Waals surface area contributed by atoms with Crippen molar-refractivity contribution in [1.82, 2.24) is 0 Å². The van der Waals surface area contributed by atoms with Gasteiger partial charge in [0, 0.05) is 0 Å². The summed E-state index contributed by atoms with van der Waals surface area (Å²) in [5.41, 5.74) is 3.41. The quantitative estimate of drug-likeness (QED) is 0.416. The van der Waals surface area contributed by atoms with Gasteiger partial charge in [-0.15, -0.1) is 0 Å². The third kappa shape index (κ3) is 0.0369. The molecule has 5 fully saturated rings. The summed E-state index contributed by atoms with van der Waals surface area (Å²) in [5, 5.41) is 0. The zero-order chi connectivity index (χ0) is 4.07. The molecule has 0 aromatic carbocycles. The van der Waals surface area contributed by atoms with Gasteiger partial charge in [-0.3, -0.25) is 0 Å². The van der Waals surface area contributed by atoms with Gasteiger partial charge in [0.1, 0.15) is 0 Å². The number of hydrogen-bond donors (Lipinski definition) is 0. The van der Waals surface area contributed by atoms with E-state index in [0.29, 0.717) is 0 Å². The van der Waals surface area contributed by atoms with Crippen molar-refractivity contribution in [2.24, 2.45) is 28.1 Å². The molecule has 5 saturated carbocycles. The van der Waals surface area contributed by atoms with Crippen molar-refractivity contribution >= 4 is 0 Å². The average molecular weight is 90.1 g/mol. The Morgan fingerprint density at radius 2 is 1.57 bits per heavy atom. The topological polar surface area (TPSA) is 0 Å². The maximum atomic E-state index is 1.67. The summed E-state index contributed by atoms with van der Waals surface area (Å²) in [6, 6.07) is 0. The van der Waals surface area contributed by atoms with Gasteiger partial charge in [-0.1, -0.05) is 0 Å². The summed E-state index contributed by atoms with van der Waals surface area (Å²) >= 11 is 0. The predicted molar refractivity (Wildman–Crippen MR) is 23.5 cm³/mol. The molecule has 0 amide bonds. The van der Waals surface area contributed by atoms with Crippen LogP contribution < -0.4 is 0 Å². The first-order valence-corrected chi connectivity index (χ1v) is 3.43. The molecular formula is C7H6. The molecule has 5 rings (SSSR count). The second-order valence-corrected chi connectivity index (χ2v) is 4.33. The van der Waals surface area contributed by atoms with Crippen molar-refractivity contribution < 1.29 is 0 Å². The molecule has 7 heavy (non-hydrogen) atoms. The lowest BCUT2D eigenvalue weighted by molar-refractivity contribution is 0.570. The van der Waals surface area contributed by atoms with Crippen LogP contribution in [-0.2, 0) is 0 Å². The van der Waals surface area contributed by atoms with Crippen molar-refractivity contribution in [3.05, 3.63) is 0 Å². The van der Waals surface area contributed by atoms with E-state index in [1.165, 1.54) is 11.8 Å². The van der Waals surface area contributed by atoms with Crippen LogP contribution in [0.25, 0.3) is 0 Å². The first kappa shape index (κ1) is 2.08. The fourth-order valence-electron chi connectivity index (χ4n) is 4.72. The fraction of sp³-hybridized carbons (Fsp3) is 1.00. The highest BCUT2D eigenvalue weighted by molar-refractivity contribution is 5.80. The van der Waals surface area contributed by atoms with Crippen molar-refractivity contribution in [1.29, 1.82) is 0 Å². The Hall–Kier alpha value is 0. The molecule has 0 bridgehead atoms. The van der Waals surface area contributed by atoms with Crippen LogP contribution in [0.15, 0.2) is 0 Å². The van der Waals surface area contributed by atoms with Crippen LogP contribution in [0, 0.1) is 28.1 Å². The molecule has 0 aromatic heterocycles. The smallest absolute Gasteiger partial charge is 0.00989 e. The Bertz CT molecular complexity index is 194. The van der Waals surface area contributed by atoms with Gasteiger partial charge in [0.05, 0.1) is 0 Å². The molecule has 34 valence electrons. The van der Waals surface area contributed by atoms with Gasteiger partial charge >= 0.3 is 0 Å². The predicted octanol–water partition coefficient (Wildman–Crippen LogP) is 1.03. The lowest BCUT2D eigenvalue weighted by Crippen LogP contribution is -1.85. The number of hydrogen-bond acceptors (Lipinski definition) is 0. The molecule has 0 radical (unpaired) electrons. The van der Waals surface area contributed by atoms with E-state index in [1.807, 2.05) is 0 Å². The van der Waals surface area contributed by atoms with Crippen LogP contribution >= 0.6 is 0 Å². The summed E-state index contributed by atoms with van der Waals surface area (Å²) in [6.45, 7) is 0. The lowest BCUT2D eigenvalue weighted by atomic mass is 10.1. The highest BCUT2D eigenvalue weighted by Gasteiger charge is 3.34. The molecule has 0 heterocycles. The molecule has 0 heteroatoms. The van der Waals surface area contributed by atoms with Gasteiger partial charge in [-0.25, -0.2) is 0 Å². The zero-order valence-corrected chi connectivity index (χ0v) is 4.07. The van der Waals surface area contributed by atoms with E-state index in [1.54, 1.807) is 12.8 Å². The van der Waals surface area contributed by atoms with Gasteiger partial charge in [0.2, 0.25) is 0 Å². The summed E-state index contributed by atoms with van der Waals surface area (Å²) in [6.07, 6.45) is 3.34. The minimum atomic E-state index is 1.13. The van der Waals surface area contributed by atoms with Gasteiger partial charge in [-0.05, 0) is 40.9 Å². The van der Waals surface area contributed by atoms with Gasteiger partial charge < -0.3 is 0 Å². The Balaban J connectivity index is 2.22. The number of rotatable bonds is 0. The van der Waals surface area contributed by atoms with Crippen molar-refractivity contribution in [3.8, 4) is 0 Å². The third-order valence-electron chi connectivity index (χ3n) is 5.06. The highest BCUT2D eigenvalue weighted by atomic mass is 15.4. The molecule has 0 aliphatic heterocycles. The van der Waals surface area contributed by atoms with Crippen LogP contribution in [-0.4, -0.2) is 0 Å². The Morgan fingerprint density at radius 1 is 1.00 bits per heavy atom. The second kappa shape index (κ2) is 0.222. The maximum Gasteiger partial charge on any atom is -0.00989 e. The van der Waals surface area contributed by atoms with E-state index in [4.69, 9.17) is 0 Å². The molecule has 3 spiro atoms. The summed E-state index contributed by atoms with van der Waals surface area (Å²) in [4.78, 5) is 0. The van der Waals surface area contributed by atoms with E-state index in [0.717, 1.165) is 16.2 Å². The molecule has 0 N–H and O–H groups in total. The molecule has 4 atom stereocenters. The standard InChI is InChI=1S/C7H6/c1-3-5(1)6-2-4(6)7(3,5)6/h3-4H,1-2H2. The molecule has 5 aliphatic carbocycles. The normalized spacial score (nSPS) is 120. The Labute approximate surface area is 41.9 Å². The third-order valence-corrected chi connectivity index (χ3v) is 5.06. The highest BCUT2D eigenvalue weighted by Crippen LogP contribution is 3.37. The minimum Gasteiger partial charge on any atom is -0.0422 e. The molecule has 0 nitrogen and oxygen atoms in total. The molecule has 5 aliphatic rings. The van der Waals surface area contributed by atoms with E-state index in [2.05, 4.69) is 0 Å². The zero-order valence-electron chi connectivity index (χ0n) is 4.07. The minimum absolute atomic E-state index is 1.13. The van der Waals surface area contributed by atoms with E-state index >= 15 is 0 Å². The summed E-state index contributed by atoms with van der Waals surface area (Å²) in [7, 11) is 0. The molecular weight excluding hydrogens is 84.1 g/mol. The fourth-order valence-corrected chi connectivity index (χ4v) is 4.72.